The van der Waals surface area contributed by atoms with Crippen molar-refractivity contribution in [1.82, 2.24) is 20.0 Å². The van der Waals surface area contributed by atoms with Gasteiger partial charge in [-0.15, -0.1) is 0 Å². The van der Waals surface area contributed by atoms with Gasteiger partial charge in [0, 0.05) is 18.2 Å². The van der Waals surface area contributed by atoms with Crippen molar-refractivity contribution in [2.24, 2.45) is 7.05 Å². The summed E-state index contributed by atoms with van der Waals surface area (Å²) in [5.41, 5.74) is 1.47. The van der Waals surface area contributed by atoms with Gasteiger partial charge in [-0.1, -0.05) is 11.6 Å². The third-order valence-electron chi connectivity index (χ3n) is 4.85. The second kappa shape index (κ2) is 7.81. The smallest absolute Gasteiger partial charge is 0.196 e. The first-order chi connectivity index (χ1) is 14.8. The molecule has 0 aliphatic heterocycles. The summed E-state index contributed by atoms with van der Waals surface area (Å²) in [5, 5.41) is 21.0. The number of hydrogen-bond acceptors (Lipinski definition) is 7. The summed E-state index contributed by atoms with van der Waals surface area (Å²) in [6, 6.07) is 7.02. The molecule has 0 aliphatic rings. The molecule has 0 fully saturated rings. The number of fused-ring (bicyclic) bond motifs is 1. The van der Waals surface area contributed by atoms with Gasteiger partial charge < -0.3 is 9.73 Å². The minimum Gasteiger partial charge on any atom is -0.453 e. The van der Waals surface area contributed by atoms with Crippen LogP contribution in [0.25, 0.3) is 22.4 Å². The van der Waals surface area contributed by atoms with E-state index in [4.69, 9.17) is 16.0 Å². The molecule has 1 N–H and O–H groups in total. The van der Waals surface area contributed by atoms with Crippen LogP contribution in [0.1, 0.15) is 29.8 Å². The average molecular weight is 439 g/mol. The summed E-state index contributed by atoms with van der Waals surface area (Å²) in [5.74, 6) is -0.318. The fourth-order valence-corrected chi connectivity index (χ4v) is 3.49. The molecule has 3 aromatic heterocycles. The van der Waals surface area contributed by atoms with Gasteiger partial charge in [0.05, 0.1) is 23.3 Å². The predicted octanol–water partition coefficient (Wildman–Crippen LogP) is 4.13. The van der Waals surface area contributed by atoms with Crippen LogP contribution in [0.5, 0.6) is 0 Å². The van der Waals surface area contributed by atoms with Gasteiger partial charge in [0.25, 0.3) is 0 Å². The highest BCUT2D eigenvalue weighted by Crippen LogP contribution is 2.31. The molecule has 1 atom stereocenters. The standard InChI is InChI=1S/C21H16ClFN6O2/c1-10-19(30)14-7-12(23)6-13(21(14)31-20(10)17-9-25-29(3)28-17)11(2)26-15-4-5-18(22)27-16(15)8-24/h4-7,9,11,26H,1-3H3. The SMILES string of the molecule is Cc1c(-c2cnn(C)n2)oc2c(C(C)Nc3ccc(Cl)nc3C#N)cc(F)cc2c1=O. The highest BCUT2D eigenvalue weighted by atomic mass is 35.5. The molecule has 1 aromatic carbocycles. The zero-order chi connectivity index (χ0) is 22.3. The quantitative estimate of drug-likeness (QED) is 0.477. The Hall–Kier alpha value is -3.77. The van der Waals surface area contributed by atoms with Gasteiger partial charge >= 0.3 is 0 Å². The van der Waals surface area contributed by atoms with Crippen LogP contribution in [0.2, 0.25) is 5.15 Å². The van der Waals surface area contributed by atoms with E-state index in [1.165, 1.54) is 23.1 Å². The molecule has 10 heteroatoms. The lowest BCUT2D eigenvalue weighted by molar-refractivity contribution is 0.589. The van der Waals surface area contributed by atoms with Crippen LogP contribution in [0.3, 0.4) is 0 Å². The molecule has 8 nitrogen and oxygen atoms in total. The topological polar surface area (TPSA) is 110 Å². The van der Waals surface area contributed by atoms with Crippen LogP contribution in [-0.4, -0.2) is 20.0 Å². The fourth-order valence-electron chi connectivity index (χ4n) is 3.34. The molecule has 4 aromatic rings. The Labute approximate surface area is 180 Å². The minimum atomic E-state index is -0.579. The van der Waals surface area contributed by atoms with Crippen molar-refractivity contribution in [3.05, 3.63) is 68.5 Å². The maximum Gasteiger partial charge on any atom is 0.196 e. The lowest BCUT2D eigenvalue weighted by atomic mass is 10.0. The molecule has 0 amide bonds. The van der Waals surface area contributed by atoms with Crippen LogP contribution in [0.15, 0.2) is 39.7 Å². The number of nitriles is 1. The monoisotopic (exact) mass is 438 g/mol. The molecule has 0 saturated carbocycles. The number of aromatic nitrogens is 4. The molecule has 0 spiro atoms. The summed E-state index contributed by atoms with van der Waals surface area (Å²) < 4.78 is 20.5. The van der Waals surface area contributed by atoms with Gasteiger partial charge in [-0.3, -0.25) is 4.79 Å². The molecule has 3 heterocycles. The first-order valence-corrected chi connectivity index (χ1v) is 9.63. The molecule has 1 unspecified atom stereocenters. The Bertz CT molecular complexity index is 1420. The van der Waals surface area contributed by atoms with Gasteiger partial charge in [0.1, 0.15) is 28.3 Å². The van der Waals surface area contributed by atoms with Crippen molar-refractivity contribution in [2.75, 3.05) is 5.32 Å². The predicted molar refractivity (Wildman–Crippen MR) is 113 cm³/mol. The molecule has 0 aliphatic carbocycles. The fraction of sp³-hybridized carbons (Fsp3) is 0.190. The van der Waals surface area contributed by atoms with Gasteiger partial charge in [0.15, 0.2) is 16.9 Å². The molecule has 4 rings (SSSR count). The normalized spacial score (nSPS) is 12.0. The number of anilines is 1. The maximum atomic E-state index is 14.4. The first kappa shape index (κ1) is 20.5. The molecule has 0 saturated heterocycles. The lowest BCUT2D eigenvalue weighted by Crippen LogP contribution is -2.13. The van der Waals surface area contributed by atoms with Crippen LogP contribution in [-0.2, 0) is 7.05 Å². The van der Waals surface area contributed by atoms with E-state index in [2.05, 4.69) is 20.5 Å². The number of hydrogen-bond donors (Lipinski definition) is 1. The summed E-state index contributed by atoms with van der Waals surface area (Å²) in [6.45, 7) is 3.35. The van der Waals surface area contributed by atoms with E-state index >= 15 is 0 Å². The van der Waals surface area contributed by atoms with Crippen molar-refractivity contribution < 1.29 is 8.81 Å². The van der Waals surface area contributed by atoms with Crippen molar-refractivity contribution in [1.29, 1.82) is 5.26 Å². The third kappa shape index (κ3) is 3.73. The number of pyridine rings is 1. The van der Waals surface area contributed by atoms with Crippen molar-refractivity contribution >= 4 is 28.3 Å². The largest absolute Gasteiger partial charge is 0.453 e. The summed E-state index contributed by atoms with van der Waals surface area (Å²) in [6.07, 6.45) is 1.49. The number of nitrogens with one attached hydrogen (secondary N) is 1. The van der Waals surface area contributed by atoms with Crippen molar-refractivity contribution in [3.63, 3.8) is 0 Å². The van der Waals surface area contributed by atoms with Gasteiger partial charge in [-0.05, 0) is 38.1 Å². The number of nitrogens with zero attached hydrogens (tertiary/aromatic N) is 5. The Morgan fingerprint density at radius 1 is 1.35 bits per heavy atom. The second-order valence-electron chi connectivity index (χ2n) is 6.98. The summed E-state index contributed by atoms with van der Waals surface area (Å²) in [7, 11) is 1.65. The van der Waals surface area contributed by atoms with Gasteiger partial charge in [-0.2, -0.15) is 20.3 Å². The van der Waals surface area contributed by atoms with E-state index in [0.717, 1.165) is 6.07 Å². The lowest BCUT2D eigenvalue weighted by Gasteiger charge is -2.18. The number of rotatable bonds is 4. The Balaban J connectivity index is 1.89. The van der Waals surface area contributed by atoms with E-state index in [1.807, 2.05) is 6.07 Å². The Kier molecular flexibility index (Phi) is 5.17. The van der Waals surface area contributed by atoms with Gasteiger partial charge in [0.2, 0.25) is 0 Å². The van der Waals surface area contributed by atoms with E-state index in [9.17, 15) is 14.4 Å². The van der Waals surface area contributed by atoms with Crippen molar-refractivity contribution in [3.8, 4) is 17.5 Å². The molecular weight excluding hydrogens is 423 g/mol. The van der Waals surface area contributed by atoms with Gasteiger partial charge in [-0.25, -0.2) is 9.37 Å². The highest BCUT2D eigenvalue weighted by Gasteiger charge is 2.21. The summed E-state index contributed by atoms with van der Waals surface area (Å²) in [4.78, 5) is 18.3. The number of halogens is 2. The molecule has 0 radical (unpaired) electrons. The zero-order valence-corrected chi connectivity index (χ0v) is 17.5. The van der Waals surface area contributed by atoms with Crippen LogP contribution >= 0.6 is 11.6 Å². The Morgan fingerprint density at radius 2 is 2.13 bits per heavy atom. The summed E-state index contributed by atoms with van der Waals surface area (Å²) >= 11 is 5.86. The number of aryl methyl sites for hydroxylation is 1. The zero-order valence-electron chi connectivity index (χ0n) is 16.8. The van der Waals surface area contributed by atoms with Crippen LogP contribution in [0, 0.1) is 24.1 Å². The maximum absolute atomic E-state index is 14.4. The molecule has 0 bridgehead atoms. The third-order valence-corrected chi connectivity index (χ3v) is 5.06. The minimum absolute atomic E-state index is 0.0950. The molecule has 31 heavy (non-hydrogen) atoms. The average Bonchev–Trinajstić information content (AvgIpc) is 3.17. The van der Waals surface area contributed by atoms with E-state index in [0.29, 0.717) is 22.5 Å². The van der Waals surface area contributed by atoms with E-state index < -0.39 is 11.9 Å². The molecule has 156 valence electrons. The molecular formula is C21H16ClFN6O2. The van der Waals surface area contributed by atoms with Crippen LogP contribution in [0.4, 0.5) is 10.1 Å². The first-order valence-electron chi connectivity index (χ1n) is 9.25. The Morgan fingerprint density at radius 3 is 2.81 bits per heavy atom. The second-order valence-corrected chi connectivity index (χ2v) is 7.37. The highest BCUT2D eigenvalue weighted by molar-refractivity contribution is 6.29. The number of benzene rings is 1. The van der Waals surface area contributed by atoms with Crippen LogP contribution < -0.4 is 10.7 Å². The van der Waals surface area contributed by atoms with E-state index in [-0.39, 0.29) is 33.0 Å². The van der Waals surface area contributed by atoms with E-state index in [1.54, 1.807) is 27.0 Å². The van der Waals surface area contributed by atoms with Crippen molar-refractivity contribution in [2.45, 2.75) is 19.9 Å².